The van der Waals surface area contributed by atoms with Crippen molar-refractivity contribution in [3.63, 3.8) is 0 Å². The first kappa shape index (κ1) is 22.6. The van der Waals surface area contributed by atoms with Gasteiger partial charge in [-0.15, -0.1) is 12.3 Å². The van der Waals surface area contributed by atoms with Crippen molar-refractivity contribution in [2.45, 2.75) is 38.9 Å². The van der Waals surface area contributed by atoms with Gasteiger partial charge >= 0.3 is 0 Å². The van der Waals surface area contributed by atoms with Crippen molar-refractivity contribution >= 4 is 10.0 Å². The molecule has 0 spiro atoms. The molecule has 0 unspecified atom stereocenters. The van der Waals surface area contributed by atoms with E-state index in [-0.39, 0.29) is 29.3 Å². The average molecular weight is 457 g/mol. The molecule has 1 fully saturated rings. The smallest absolute Gasteiger partial charge is 0.227 e. The van der Waals surface area contributed by atoms with Gasteiger partial charge in [0.25, 0.3) is 0 Å². The van der Waals surface area contributed by atoms with Crippen molar-refractivity contribution in [1.29, 1.82) is 0 Å². The van der Waals surface area contributed by atoms with Gasteiger partial charge in [0, 0.05) is 38.7 Å². The Labute approximate surface area is 189 Å². The van der Waals surface area contributed by atoms with Gasteiger partial charge in [0.1, 0.15) is 12.0 Å². The fraction of sp³-hybridized carbons (Fsp3) is 0.458. The number of fused-ring (bicyclic) bond motifs is 1. The number of hydrogen-bond acceptors (Lipinski definition) is 6. The molecule has 1 aromatic carbocycles. The molecule has 0 saturated carbocycles. The summed E-state index contributed by atoms with van der Waals surface area (Å²) >= 11 is 0. The summed E-state index contributed by atoms with van der Waals surface area (Å²) in [5.74, 6) is 3.36. The molecule has 2 aromatic rings. The summed E-state index contributed by atoms with van der Waals surface area (Å²) in [5, 5.41) is 0. The highest BCUT2D eigenvalue weighted by molar-refractivity contribution is 7.89. The van der Waals surface area contributed by atoms with E-state index in [2.05, 4.69) is 23.0 Å². The molecule has 0 amide bonds. The van der Waals surface area contributed by atoms with Gasteiger partial charge in [-0.05, 0) is 29.9 Å². The Morgan fingerprint density at radius 1 is 1.16 bits per heavy atom. The van der Waals surface area contributed by atoms with Gasteiger partial charge in [-0.2, -0.15) is 0 Å². The molecular formula is C24H28N2O5S. The van der Waals surface area contributed by atoms with Crippen LogP contribution >= 0.6 is 0 Å². The van der Waals surface area contributed by atoms with E-state index in [9.17, 15) is 13.2 Å². The zero-order valence-corrected chi connectivity index (χ0v) is 18.9. The maximum atomic E-state index is 12.5. The highest BCUT2D eigenvalue weighted by Crippen LogP contribution is 2.24. The Hall–Kier alpha value is -2.60. The number of benzene rings is 1. The van der Waals surface area contributed by atoms with E-state index in [4.69, 9.17) is 15.6 Å². The lowest BCUT2D eigenvalue weighted by molar-refractivity contribution is 0.180. The predicted octanol–water partition coefficient (Wildman–Crippen LogP) is 2.60. The largest absolute Gasteiger partial charge is 0.486 e. The minimum Gasteiger partial charge on any atom is -0.486 e. The van der Waals surface area contributed by atoms with Crippen LogP contribution in [0.15, 0.2) is 45.8 Å². The first-order valence-electron chi connectivity index (χ1n) is 10.9. The monoisotopic (exact) mass is 456 g/mol. The van der Waals surface area contributed by atoms with Gasteiger partial charge in [-0.3, -0.25) is 9.69 Å². The average Bonchev–Trinajstić information content (AvgIpc) is 3.20. The summed E-state index contributed by atoms with van der Waals surface area (Å²) in [6.07, 6.45) is 8.17. The molecule has 0 radical (unpaired) electrons. The van der Waals surface area contributed by atoms with Crippen molar-refractivity contribution in [3.05, 3.63) is 63.7 Å². The van der Waals surface area contributed by atoms with Crippen molar-refractivity contribution in [3.8, 4) is 18.1 Å². The number of hydrogen-bond donors (Lipinski definition) is 0. The molecule has 0 atom stereocenters. The van der Waals surface area contributed by atoms with Crippen molar-refractivity contribution in [2.24, 2.45) is 5.92 Å². The lowest BCUT2D eigenvalue weighted by Crippen LogP contribution is -2.40. The molecule has 2 aliphatic heterocycles. The fourth-order valence-electron chi connectivity index (χ4n) is 4.24. The van der Waals surface area contributed by atoms with Gasteiger partial charge in [0.15, 0.2) is 0 Å². The van der Waals surface area contributed by atoms with Gasteiger partial charge in [0.2, 0.25) is 21.2 Å². The van der Waals surface area contributed by atoms with Gasteiger partial charge < -0.3 is 9.15 Å². The summed E-state index contributed by atoms with van der Waals surface area (Å²) in [7, 11) is -3.29. The zero-order valence-electron chi connectivity index (χ0n) is 18.0. The van der Waals surface area contributed by atoms with E-state index in [0.29, 0.717) is 44.8 Å². The topological polar surface area (TPSA) is 80.1 Å². The highest BCUT2D eigenvalue weighted by Gasteiger charge is 2.28. The third-order valence-electron chi connectivity index (χ3n) is 6.08. The second kappa shape index (κ2) is 9.90. The Morgan fingerprint density at radius 3 is 2.47 bits per heavy atom. The van der Waals surface area contributed by atoms with Gasteiger partial charge in [-0.25, -0.2) is 12.7 Å². The zero-order chi connectivity index (χ0) is 22.6. The Morgan fingerprint density at radius 2 is 1.84 bits per heavy atom. The molecule has 4 rings (SSSR count). The van der Waals surface area contributed by atoms with E-state index in [1.807, 2.05) is 12.1 Å². The van der Waals surface area contributed by atoms with Crippen LogP contribution in [0, 0.1) is 18.3 Å². The van der Waals surface area contributed by atoms with E-state index >= 15 is 0 Å². The normalized spacial score (nSPS) is 17.7. The first-order valence-corrected chi connectivity index (χ1v) is 12.5. The Bertz CT molecular complexity index is 1120. The Balaban J connectivity index is 1.25. The molecule has 1 saturated heterocycles. The third kappa shape index (κ3) is 5.41. The number of nitrogens with zero attached hydrogens (tertiary/aromatic N) is 2. The number of ether oxygens (including phenoxy) is 1. The summed E-state index contributed by atoms with van der Waals surface area (Å²) in [6, 6.07) is 9.83. The van der Waals surface area contributed by atoms with Crippen LogP contribution in [-0.4, -0.2) is 43.1 Å². The number of rotatable bonds is 8. The van der Waals surface area contributed by atoms with Crippen molar-refractivity contribution < 1.29 is 17.6 Å². The quantitative estimate of drug-likeness (QED) is 0.568. The van der Waals surface area contributed by atoms with Crippen LogP contribution in [-0.2, 0) is 29.7 Å². The maximum absolute atomic E-state index is 12.5. The van der Waals surface area contributed by atoms with Gasteiger partial charge in [0.05, 0.1) is 18.9 Å². The van der Waals surface area contributed by atoms with Crippen LogP contribution in [0.1, 0.15) is 36.1 Å². The standard InChI is InChI=1S/C24H28N2O5S/c1-2-3-12-32(28,29)26-10-8-19(9-11-26)17-31-24-18-30-22(13-23(24)27)16-25-14-20-6-4-5-7-21(20)15-25/h1,4-7,13,18-19H,3,8-12,14-17H2. The summed E-state index contributed by atoms with van der Waals surface area (Å²) in [5.41, 5.74) is 2.42. The number of sulfonamides is 1. The van der Waals surface area contributed by atoms with E-state index in [1.165, 1.54) is 27.8 Å². The first-order chi connectivity index (χ1) is 15.4. The van der Waals surface area contributed by atoms with Crippen LogP contribution in [0.25, 0.3) is 0 Å². The lowest BCUT2D eigenvalue weighted by atomic mass is 9.99. The summed E-state index contributed by atoms with van der Waals surface area (Å²) in [6.45, 7) is 3.52. The molecule has 0 bridgehead atoms. The van der Waals surface area contributed by atoms with Crippen LogP contribution in [0.2, 0.25) is 0 Å². The van der Waals surface area contributed by atoms with E-state index in [1.54, 1.807) is 0 Å². The molecule has 2 aliphatic rings. The SMILES string of the molecule is C#CCCS(=O)(=O)N1CCC(COc2coc(CN3Cc4ccccc4C3)cc2=O)CC1. The molecule has 170 valence electrons. The molecule has 0 N–H and O–H groups in total. The van der Waals surface area contributed by atoms with Crippen LogP contribution in [0.4, 0.5) is 0 Å². The van der Waals surface area contributed by atoms with Crippen molar-refractivity contribution in [1.82, 2.24) is 9.21 Å². The minimum absolute atomic E-state index is 0.0123. The van der Waals surface area contributed by atoms with Crippen molar-refractivity contribution in [2.75, 3.05) is 25.4 Å². The van der Waals surface area contributed by atoms with Crippen LogP contribution in [0.5, 0.6) is 5.75 Å². The molecule has 3 heterocycles. The fourth-order valence-corrected chi connectivity index (χ4v) is 5.64. The summed E-state index contributed by atoms with van der Waals surface area (Å²) in [4.78, 5) is 14.7. The minimum atomic E-state index is -3.29. The molecule has 8 heteroatoms. The maximum Gasteiger partial charge on any atom is 0.227 e. The molecule has 32 heavy (non-hydrogen) atoms. The van der Waals surface area contributed by atoms with E-state index < -0.39 is 10.0 Å². The number of terminal acetylenes is 1. The predicted molar refractivity (Wildman–Crippen MR) is 121 cm³/mol. The van der Waals surface area contributed by atoms with E-state index in [0.717, 1.165) is 13.1 Å². The Kier molecular flexibility index (Phi) is 6.99. The number of piperidine rings is 1. The van der Waals surface area contributed by atoms with Gasteiger partial charge in [-0.1, -0.05) is 24.3 Å². The lowest BCUT2D eigenvalue weighted by Gasteiger charge is -2.30. The second-order valence-corrected chi connectivity index (χ2v) is 10.5. The highest BCUT2D eigenvalue weighted by atomic mass is 32.2. The third-order valence-corrected chi connectivity index (χ3v) is 7.96. The molecular weight excluding hydrogens is 428 g/mol. The van der Waals surface area contributed by atoms with Crippen LogP contribution < -0.4 is 10.2 Å². The molecule has 7 nitrogen and oxygen atoms in total. The second-order valence-electron chi connectivity index (χ2n) is 8.41. The summed E-state index contributed by atoms with van der Waals surface area (Å²) < 4.78 is 37.4. The molecule has 0 aliphatic carbocycles. The van der Waals surface area contributed by atoms with Crippen LogP contribution in [0.3, 0.4) is 0 Å². The molecule has 1 aromatic heterocycles.